The van der Waals surface area contributed by atoms with Gasteiger partial charge in [-0.1, -0.05) is 0 Å². The maximum absolute atomic E-state index is 11.8. The summed E-state index contributed by atoms with van der Waals surface area (Å²) in [7, 11) is 0. The van der Waals surface area contributed by atoms with Crippen LogP contribution in [-0.2, 0) is 0 Å². The molecule has 0 aliphatic heterocycles. The van der Waals surface area contributed by atoms with E-state index in [-0.39, 0.29) is 12.1 Å². The molecule has 0 radical (unpaired) electrons. The number of nitrogens with one attached hydrogen (secondary N) is 1. The molecule has 0 aromatic carbocycles. The number of carbonyl (C=O) groups is 1. The number of urea groups is 1. The van der Waals surface area contributed by atoms with Crippen LogP contribution in [0.1, 0.15) is 40.5 Å². The molecule has 2 amide bonds. The van der Waals surface area contributed by atoms with Crippen LogP contribution >= 0.6 is 0 Å². The molecule has 0 atom stereocenters. The Labute approximate surface area is 86.9 Å². The average molecular weight is 198 g/mol. The molecule has 1 fully saturated rings. The summed E-state index contributed by atoms with van der Waals surface area (Å²) in [6.07, 6.45) is 2.58. The second-order valence-electron chi connectivity index (χ2n) is 4.79. The number of amides is 2. The summed E-state index contributed by atoms with van der Waals surface area (Å²) in [4.78, 5) is 13.7. The first-order valence-corrected chi connectivity index (χ1v) is 5.57. The van der Waals surface area contributed by atoms with E-state index < -0.39 is 0 Å². The van der Waals surface area contributed by atoms with E-state index >= 15 is 0 Å². The zero-order chi connectivity index (χ0) is 10.7. The van der Waals surface area contributed by atoms with Gasteiger partial charge in [0, 0.05) is 18.6 Å². The smallest absolute Gasteiger partial charge is 0.317 e. The number of rotatable bonds is 4. The molecule has 0 spiro atoms. The van der Waals surface area contributed by atoms with E-state index in [0.717, 1.165) is 12.5 Å². The fourth-order valence-electron chi connectivity index (χ4n) is 1.44. The standard InChI is InChI=1S/C11H22N2O/c1-8(2)12-11(14)13(9(3)4)7-10-5-6-10/h8-10H,5-7H2,1-4H3,(H,12,14). The van der Waals surface area contributed by atoms with Crippen molar-refractivity contribution in [3.8, 4) is 0 Å². The molecule has 1 N–H and O–H groups in total. The molecule has 0 aromatic heterocycles. The first kappa shape index (κ1) is 11.3. The monoisotopic (exact) mass is 198 g/mol. The topological polar surface area (TPSA) is 32.3 Å². The van der Waals surface area contributed by atoms with E-state index in [1.54, 1.807) is 0 Å². The highest BCUT2D eigenvalue weighted by Crippen LogP contribution is 2.30. The second-order valence-corrected chi connectivity index (χ2v) is 4.79. The molecule has 0 aromatic rings. The molecular formula is C11H22N2O. The minimum absolute atomic E-state index is 0.0851. The first-order valence-electron chi connectivity index (χ1n) is 5.57. The van der Waals surface area contributed by atoms with Crippen molar-refractivity contribution in [2.75, 3.05) is 6.54 Å². The number of hydrogen-bond donors (Lipinski definition) is 1. The summed E-state index contributed by atoms with van der Waals surface area (Å²) in [6, 6.07) is 0.610. The molecule has 0 unspecified atom stereocenters. The van der Waals surface area contributed by atoms with Crippen LogP contribution in [0.4, 0.5) is 4.79 Å². The van der Waals surface area contributed by atoms with Gasteiger partial charge in [0.05, 0.1) is 0 Å². The fourth-order valence-corrected chi connectivity index (χ4v) is 1.44. The van der Waals surface area contributed by atoms with E-state index in [1.807, 2.05) is 18.7 Å². The molecule has 0 saturated heterocycles. The molecular weight excluding hydrogens is 176 g/mol. The lowest BCUT2D eigenvalue weighted by Gasteiger charge is -2.28. The largest absolute Gasteiger partial charge is 0.336 e. The molecule has 0 bridgehead atoms. The molecule has 3 nitrogen and oxygen atoms in total. The Morgan fingerprint density at radius 3 is 2.29 bits per heavy atom. The van der Waals surface area contributed by atoms with Crippen LogP contribution in [0, 0.1) is 5.92 Å². The summed E-state index contributed by atoms with van der Waals surface area (Å²) >= 11 is 0. The SMILES string of the molecule is CC(C)NC(=O)N(CC1CC1)C(C)C. The highest BCUT2D eigenvalue weighted by atomic mass is 16.2. The minimum Gasteiger partial charge on any atom is -0.336 e. The molecule has 14 heavy (non-hydrogen) atoms. The molecule has 0 heterocycles. The normalized spacial score (nSPS) is 16.1. The van der Waals surface area contributed by atoms with E-state index in [4.69, 9.17) is 0 Å². The zero-order valence-electron chi connectivity index (χ0n) is 9.71. The number of hydrogen-bond acceptors (Lipinski definition) is 1. The summed E-state index contributed by atoms with van der Waals surface area (Å²) in [6.45, 7) is 9.06. The Morgan fingerprint density at radius 2 is 1.93 bits per heavy atom. The van der Waals surface area contributed by atoms with Crippen LogP contribution < -0.4 is 5.32 Å². The maximum atomic E-state index is 11.8. The van der Waals surface area contributed by atoms with Gasteiger partial charge in [0.25, 0.3) is 0 Å². The van der Waals surface area contributed by atoms with E-state index in [1.165, 1.54) is 12.8 Å². The van der Waals surface area contributed by atoms with Gasteiger partial charge >= 0.3 is 6.03 Å². The lowest BCUT2D eigenvalue weighted by atomic mass is 10.3. The molecule has 1 aliphatic rings. The molecule has 1 rings (SSSR count). The Balaban J connectivity index is 2.43. The maximum Gasteiger partial charge on any atom is 0.317 e. The van der Waals surface area contributed by atoms with E-state index in [2.05, 4.69) is 19.2 Å². The molecule has 3 heteroatoms. The Bertz CT molecular complexity index is 197. The van der Waals surface area contributed by atoms with Crippen LogP contribution in [0.15, 0.2) is 0 Å². The van der Waals surface area contributed by atoms with Gasteiger partial charge in [-0.15, -0.1) is 0 Å². The van der Waals surface area contributed by atoms with Gasteiger partial charge in [0.2, 0.25) is 0 Å². The quantitative estimate of drug-likeness (QED) is 0.738. The Morgan fingerprint density at radius 1 is 1.36 bits per heavy atom. The molecule has 82 valence electrons. The lowest BCUT2D eigenvalue weighted by Crippen LogP contribution is -2.47. The third kappa shape index (κ3) is 3.56. The van der Waals surface area contributed by atoms with Gasteiger partial charge < -0.3 is 10.2 Å². The van der Waals surface area contributed by atoms with Crippen molar-refractivity contribution in [3.05, 3.63) is 0 Å². The minimum atomic E-state index is 0.0851. The summed E-state index contributed by atoms with van der Waals surface area (Å²) in [5.74, 6) is 0.760. The van der Waals surface area contributed by atoms with Crippen LogP contribution in [-0.4, -0.2) is 29.6 Å². The van der Waals surface area contributed by atoms with Gasteiger partial charge in [-0.2, -0.15) is 0 Å². The number of carbonyl (C=O) groups excluding carboxylic acids is 1. The third-order valence-corrected chi connectivity index (χ3v) is 2.45. The summed E-state index contributed by atoms with van der Waals surface area (Å²) in [5.41, 5.74) is 0. The van der Waals surface area contributed by atoms with Crippen molar-refractivity contribution in [1.29, 1.82) is 0 Å². The molecule has 1 aliphatic carbocycles. The number of nitrogens with zero attached hydrogens (tertiary/aromatic N) is 1. The van der Waals surface area contributed by atoms with E-state index in [9.17, 15) is 4.79 Å². The third-order valence-electron chi connectivity index (χ3n) is 2.45. The van der Waals surface area contributed by atoms with Crippen molar-refractivity contribution in [3.63, 3.8) is 0 Å². The predicted octanol–water partition coefficient (Wildman–Crippen LogP) is 2.22. The van der Waals surface area contributed by atoms with Crippen molar-refractivity contribution in [1.82, 2.24) is 10.2 Å². The summed E-state index contributed by atoms with van der Waals surface area (Å²) < 4.78 is 0. The lowest BCUT2D eigenvalue weighted by molar-refractivity contribution is 0.177. The average Bonchev–Trinajstić information content (AvgIpc) is 2.80. The van der Waals surface area contributed by atoms with Crippen LogP contribution in [0.25, 0.3) is 0 Å². The second kappa shape index (κ2) is 4.67. The van der Waals surface area contributed by atoms with Crippen molar-refractivity contribution in [2.24, 2.45) is 5.92 Å². The van der Waals surface area contributed by atoms with Gasteiger partial charge in [-0.05, 0) is 46.5 Å². The molecule has 1 saturated carbocycles. The van der Waals surface area contributed by atoms with E-state index in [0.29, 0.717) is 6.04 Å². The van der Waals surface area contributed by atoms with Gasteiger partial charge in [-0.3, -0.25) is 0 Å². The Hall–Kier alpha value is -0.730. The fraction of sp³-hybridized carbons (Fsp3) is 0.909. The predicted molar refractivity (Wildman–Crippen MR) is 58.2 cm³/mol. The van der Waals surface area contributed by atoms with Crippen molar-refractivity contribution >= 4 is 6.03 Å². The van der Waals surface area contributed by atoms with Crippen molar-refractivity contribution < 1.29 is 4.79 Å². The van der Waals surface area contributed by atoms with Crippen LogP contribution in [0.5, 0.6) is 0 Å². The first-order chi connectivity index (χ1) is 6.50. The van der Waals surface area contributed by atoms with Gasteiger partial charge in [0.15, 0.2) is 0 Å². The Kier molecular flexibility index (Phi) is 3.78. The summed E-state index contributed by atoms with van der Waals surface area (Å²) in [5, 5.41) is 2.94. The van der Waals surface area contributed by atoms with Gasteiger partial charge in [0.1, 0.15) is 0 Å². The van der Waals surface area contributed by atoms with Crippen LogP contribution in [0.3, 0.4) is 0 Å². The highest BCUT2D eigenvalue weighted by molar-refractivity contribution is 5.74. The van der Waals surface area contributed by atoms with Gasteiger partial charge in [-0.25, -0.2) is 4.79 Å². The zero-order valence-corrected chi connectivity index (χ0v) is 9.71. The van der Waals surface area contributed by atoms with Crippen LogP contribution in [0.2, 0.25) is 0 Å². The highest BCUT2D eigenvalue weighted by Gasteiger charge is 2.28. The van der Waals surface area contributed by atoms with Crippen molar-refractivity contribution in [2.45, 2.75) is 52.6 Å².